The molecule has 1 N–H and O–H groups in total. The molecule has 0 aromatic carbocycles. The summed E-state index contributed by atoms with van der Waals surface area (Å²) in [6, 6.07) is 2.06. The zero-order valence-corrected chi connectivity index (χ0v) is 15.1. The fourth-order valence-corrected chi connectivity index (χ4v) is 5.38. The lowest BCUT2D eigenvalue weighted by Crippen LogP contribution is -2.49. The molecule has 0 bridgehead atoms. The van der Waals surface area contributed by atoms with Crippen LogP contribution < -0.4 is 5.32 Å². The second-order valence-electron chi connectivity index (χ2n) is 5.08. The van der Waals surface area contributed by atoms with Gasteiger partial charge in [-0.15, -0.1) is 12.4 Å². The van der Waals surface area contributed by atoms with Crippen molar-refractivity contribution in [1.29, 1.82) is 0 Å². The minimum absolute atomic E-state index is 0. The average molecular weight is 394 g/mol. The number of aromatic nitrogens is 2. The van der Waals surface area contributed by atoms with E-state index in [0.29, 0.717) is 30.3 Å². The van der Waals surface area contributed by atoms with Crippen LogP contribution in [0, 0.1) is 10.1 Å². The molecule has 1 atom stereocenters. The van der Waals surface area contributed by atoms with Crippen molar-refractivity contribution in [3.05, 3.63) is 40.5 Å². The molecule has 0 spiro atoms. The summed E-state index contributed by atoms with van der Waals surface area (Å²) in [7, 11) is -2.01. The van der Waals surface area contributed by atoms with Crippen molar-refractivity contribution < 1.29 is 13.3 Å². The Morgan fingerprint density at radius 1 is 1.46 bits per heavy atom. The highest BCUT2D eigenvalue weighted by Gasteiger charge is 2.37. The third-order valence-electron chi connectivity index (χ3n) is 3.66. The molecule has 1 unspecified atom stereocenters. The number of nitrogens with one attached hydrogen (secondary N) is 1. The topological polar surface area (TPSA) is 110 Å². The Balaban J connectivity index is 0.00000208. The van der Waals surface area contributed by atoms with E-state index < -0.39 is 21.0 Å². The quantitative estimate of drug-likeness (QED) is 0.616. The molecule has 0 saturated carbocycles. The van der Waals surface area contributed by atoms with Crippen LogP contribution in [-0.2, 0) is 17.1 Å². The molecule has 1 saturated heterocycles. The number of sulfonamides is 1. The first-order chi connectivity index (χ1) is 10.9. The van der Waals surface area contributed by atoms with Crippen LogP contribution in [0.1, 0.15) is 11.9 Å². The van der Waals surface area contributed by atoms with Gasteiger partial charge in [-0.3, -0.25) is 10.1 Å². The van der Waals surface area contributed by atoms with Gasteiger partial charge in [0.15, 0.2) is 0 Å². The summed E-state index contributed by atoms with van der Waals surface area (Å²) >= 11 is 0.669. The molecule has 1 fully saturated rings. The number of aryl methyl sites for hydroxylation is 1. The van der Waals surface area contributed by atoms with Crippen LogP contribution >= 0.6 is 23.7 Å². The number of rotatable bonds is 4. The van der Waals surface area contributed by atoms with Crippen LogP contribution in [-0.4, -0.2) is 46.8 Å². The summed E-state index contributed by atoms with van der Waals surface area (Å²) in [5.41, 5.74) is 0. The Morgan fingerprint density at radius 2 is 2.21 bits per heavy atom. The van der Waals surface area contributed by atoms with E-state index >= 15 is 0 Å². The first-order valence-electron chi connectivity index (χ1n) is 6.85. The predicted molar refractivity (Wildman–Crippen MR) is 90.9 cm³/mol. The van der Waals surface area contributed by atoms with Crippen molar-refractivity contribution in [2.45, 2.75) is 10.3 Å². The molecule has 2 aromatic heterocycles. The van der Waals surface area contributed by atoms with Crippen molar-refractivity contribution in [3.63, 3.8) is 0 Å². The monoisotopic (exact) mass is 393 g/mol. The Hall–Kier alpha value is -1.53. The Bertz CT molecular complexity index is 834. The highest BCUT2D eigenvalue weighted by Crippen LogP contribution is 2.34. The lowest BCUT2D eigenvalue weighted by atomic mass is 10.2. The van der Waals surface area contributed by atoms with Crippen LogP contribution in [0.15, 0.2) is 28.7 Å². The number of nitro groups is 1. The van der Waals surface area contributed by atoms with E-state index in [-0.39, 0.29) is 28.2 Å². The smallest absolute Gasteiger partial charge is 0.325 e. The first kappa shape index (κ1) is 18.8. The van der Waals surface area contributed by atoms with Crippen molar-refractivity contribution in [1.82, 2.24) is 19.2 Å². The number of thiophene rings is 1. The number of piperazine rings is 1. The molecule has 12 heteroatoms. The van der Waals surface area contributed by atoms with Crippen LogP contribution in [0.2, 0.25) is 0 Å². The van der Waals surface area contributed by atoms with E-state index in [1.807, 2.05) is 0 Å². The maximum atomic E-state index is 12.9. The fraction of sp³-hybridized carbons (Fsp3) is 0.417. The summed E-state index contributed by atoms with van der Waals surface area (Å²) in [5, 5.41) is 13.8. The summed E-state index contributed by atoms with van der Waals surface area (Å²) < 4.78 is 28.9. The van der Waals surface area contributed by atoms with Gasteiger partial charge in [-0.1, -0.05) is 0 Å². The predicted octanol–water partition coefficient (Wildman–Crippen LogP) is 1.15. The largest absolute Gasteiger partial charge is 0.337 e. The van der Waals surface area contributed by atoms with E-state index in [4.69, 9.17) is 0 Å². The lowest BCUT2D eigenvalue weighted by molar-refractivity contribution is -0.380. The number of nitrogens with zero attached hydrogens (tertiary/aromatic N) is 4. The molecule has 1 aliphatic heterocycles. The Labute approximate surface area is 148 Å². The Kier molecular flexibility index (Phi) is 5.60. The molecular weight excluding hydrogens is 378 g/mol. The van der Waals surface area contributed by atoms with Crippen molar-refractivity contribution in [2.75, 3.05) is 19.6 Å². The number of hydrogen-bond donors (Lipinski definition) is 1. The molecule has 3 heterocycles. The zero-order chi connectivity index (χ0) is 16.6. The first-order valence-corrected chi connectivity index (χ1v) is 9.11. The van der Waals surface area contributed by atoms with E-state index in [0.717, 1.165) is 0 Å². The van der Waals surface area contributed by atoms with Gasteiger partial charge in [-0.05, 0) is 17.4 Å². The van der Waals surface area contributed by atoms with Gasteiger partial charge in [0, 0.05) is 45.1 Å². The SMILES string of the molecule is Cl.Cn1ccnc1C1CNCCN1S(=O)(=O)c1ccc([N+](=O)[O-])s1. The number of hydrogen-bond acceptors (Lipinski definition) is 7. The Morgan fingerprint density at radius 3 is 2.79 bits per heavy atom. The van der Waals surface area contributed by atoms with Gasteiger partial charge >= 0.3 is 5.00 Å². The molecule has 3 rings (SSSR count). The van der Waals surface area contributed by atoms with Crippen LogP contribution in [0.5, 0.6) is 0 Å². The van der Waals surface area contributed by atoms with Gasteiger partial charge in [0.05, 0.1) is 11.0 Å². The van der Waals surface area contributed by atoms with Gasteiger partial charge in [0.25, 0.3) is 10.0 Å². The summed E-state index contributed by atoms with van der Waals surface area (Å²) in [6.45, 7) is 1.25. The van der Waals surface area contributed by atoms with Crippen molar-refractivity contribution in [2.24, 2.45) is 7.05 Å². The van der Waals surface area contributed by atoms with Gasteiger partial charge in [-0.25, -0.2) is 13.4 Å². The van der Waals surface area contributed by atoms with Crippen LogP contribution in [0.25, 0.3) is 0 Å². The van der Waals surface area contributed by atoms with E-state index in [1.165, 1.54) is 16.4 Å². The standard InChI is InChI=1S/C12H15N5O4S2.ClH/c1-15-6-5-14-12(15)9-8-13-4-7-16(9)23(20,21)11-3-2-10(22-11)17(18)19;/h2-3,5-6,9,13H,4,7-8H2,1H3;1H. The minimum atomic E-state index is -3.81. The highest BCUT2D eigenvalue weighted by molar-refractivity contribution is 7.91. The zero-order valence-electron chi connectivity index (χ0n) is 12.7. The summed E-state index contributed by atoms with van der Waals surface area (Å²) in [6.07, 6.45) is 3.37. The molecule has 1 aliphatic rings. The second kappa shape index (κ2) is 7.15. The fourth-order valence-electron chi connectivity index (χ4n) is 2.55. The van der Waals surface area contributed by atoms with Crippen molar-refractivity contribution in [3.8, 4) is 0 Å². The second-order valence-corrected chi connectivity index (χ2v) is 8.26. The highest BCUT2D eigenvalue weighted by atomic mass is 35.5. The minimum Gasteiger partial charge on any atom is -0.337 e. The van der Waals surface area contributed by atoms with Gasteiger partial charge in [0.2, 0.25) is 0 Å². The summed E-state index contributed by atoms with van der Waals surface area (Å²) in [4.78, 5) is 14.5. The van der Waals surface area contributed by atoms with Crippen LogP contribution in [0.4, 0.5) is 5.00 Å². The van der Waals surface area contributed by atoms with E-state index in [2.05, 4.69) is 10.3 Å². The van der Waals surface area contributed by atoms with E-state index in [1.54, 1.807) is 24.0 Å². The third kappa shape index (κ3) is 3.30. The third-order valence-corrected chi connectivity index (χ3v) is 7.07. The molecule has 132 valence electrons. The number of imidazole rings is 1. The molecule has 24 heavy (non-hydrogen) atoms. The molecule has 2 aromatic rings. The maximum absolute atomic E-state index is 12.9. The van der Waals surface area contributed by atoms with Crippen LogP contribution in [0.3, 0.4) is 0 Å². The lowest BCUT2D eigenvalue weighted by Gasteiger charge is -2.34. The summed E-state index contributed by atoms with van der Waals surface area (Å²) in [5.74, 6) is 0.631. The molecule has 0 radical (unpaired) electrons. The van der Waals surface area contributed by atoms with Gasteiger partial charge < -0.3 is 9.88 Å². The molecule has 0 aliphatic carbocycles. The average Bonchev–Trinajstić information content (AvgIpc) is 3.16. The molecular formula is C12H16ClN5O4S2. The van der Waals surface area contributed by atoms with E-state index in [9.17, 15) is 18.5 Å². The van der Waals surface area contributed by atoms with Gasteiger partial charge in [0.1, 0.15) is 10.0 Å². The van der Waals surface area contributed by atoms with Gasteiger partial charge in [-0.2, -0.15) is 4.31 Å². The number of halogens is 1. The molecule has 9 nitrogen and oxygen atoms in total. The normalized spacial score (nSPS) is 19.0. The van der Waals surface area contributed by atoms with Crippen molar-refractivity contribution >= 4 is 38.8 Å². The molecule has 0 amide bonds. The maximum Gasteiger partial charge on any atom is 0.325 e.